The van der Waals surface area contributed by atoms with Crippen molar-refractivity contribution in [1.29, 1.82) is 0 Å². The normalized spacial score (nSPS) is 16.3. The first-order valence-electron chi connectivity index (χ1n) is 8.60. The predicted molar refractivity (Wildman–Crippen MR) is 97.9 cm³/mol. The van der Waals surface area contributed by atoms with Crippen LogP contribution in [0.15, 0.2) is 35.3 Å². The summed E-state index contributed by atoms with van der Waals surface area (Å²) in [6.45, 7) is -2.09. The molecule has 1 unspecified atom stereocenters. The van der Waals surface area contributed by atoms with Crippen LogP contribution in [0, 0.1) is 0 Å². The fourth-order valence-corrected chi connectivity index (χ4v) is 2.52. The maximum atomic E-state index is 12.5. The van der Waals surface area contributed by atoms with Crippen molar-refractivity contribution in [2.24, 2.45) is 4.99 Å². The van der Waals surface area contributed by atoms with Gasteiger partial charge >= 0.3 is 12.4 Å². The lowest BCUT2D eigenvalue weighted by Crippen LogP contribution is -2.34. The van der Waals surface area contributed by atoms with Crippen LogP contribution in [0.4, 0.5) is 26.3 Å². The van der Waals surface area contributed by atoms with Crippen LogP contribution in [-0.2, 0) is 4.84 Å². The fourth-order valence-electron chi connectivity index (χ4n) is 2.39. The number of aliphatic imine (C=N–C) groups is 1. The highest BCUT2D eigenvalue weighted by atomic mass is 35.5. The van der Waals surface area contributed by atoms with E-state index >= 15 is 0 Å². The second-order valence-electron chi connectivity index (χ2n) is 6.22. The van der Waals surface area contributed by atoms with E-state index in [0.29, 0.717) is 10.6 Å². The van der Waals surface area contributed by atoms with E-state index in [1.807, 2.05) is 0 Å². The number of hydrogen-bond acceptors (Lipinski definition) is 7. The zero-order valence-electron chi connectivity index (χ0n) is 15.6. The number of amidine groups is 1. The van der Waals surface area contributed by atoms with Crippen molar-refractivity contribution in [3.8, 4) is 17.0 Å². The van der Waals surface area contributed by atoms with Gasteiger partial charge < -0.3 is 10.1 Å². The molecule has 2 aromatic rings. The predicted octanol–water partition coefficient (Wildman–Crippen LogP) is 3.29. The lowest BCUT2D eigenvalue weighted by atomic mass is 10.1. The molecule has 1 aliphatic heterocycles. The summed E-state index contributed by atoms with van der Waals surface area (Å²) in [5.41, 5.74) is 1.62. The van der Waals surface area contributed by atoms with E-state index in [-0.39, 0.29) is 11.3 Å². The number of carbonyl (C=O) groups excluding carboxylic acids is 1. The topological polar surface area (TPSA) is 97.7 Å². The SMILES string of the molecule is O=C(NCC1N=C(C(F)(F)F)NO1)c1cc(-c2ccc(Cl)cc2)c(OCC(F)(F)F)nn1. The Balaban J connectivity index is 1.78. The average Bonchev–Trinajstić information content (AvgIpc) is 3.20. The Bertz CT molecular complexity index is 1010. The van der Waals surface area contributed by atoms with Gasteiger partial charge in [-0.05, 0) is 23.8 Å². The first kappa shape index (κ1) is 23.5. The van der Waals surface area contributed by atoms with Crippen molar-refractivity contribution in [1.82, 2.24) is 21.0 Å². The third-order valence-corrected chi connectivity index (χ3v) is 4.04. The van der Waals surface area contributed by atoms with E-state index in [2.05, 4.69) is 25.3 Å². The molecule has 0 spiro atoms. The number of rotatable bonds is 6. The van der Waals surface area contributed by atoms with Crippen LogP contribution in [-0.4, -0.2) is 53.7 Å². The van der Waals surface area contributed by atoms with Gasteiger partial charge in [0, 0.05) is 10.6 Å². The van der Waals surface area contributed by atoms with Gasteiger partial charge in [0.1, 0.15) is 0 Å². The van der Waals surface area contributed by atoms with E-state index < -0.39 is 49.4 Å². The van der Waals surface area contributed by atoms with Gasteiger partial charge in [-0.1, -0.05) is 23.7 Å². The van der Waals surface area contributed by atoms with Gasteiger partial charge in [-0.15, -0.1) is 10.2 Å². The molecule has 3 rings (SSSR count). The number of hydrogen-bond donors (Lipinski definition) is 2. The minimum Gasteiger partial charge on any atom is -0.467 e. The Labute approximate surface area is 180 Å². The smallest absolute Gasteiger partial charge is 0.451 e. The summed E-state index contributed by atoms with van der Waals surface area (Å²) in [4.78, 5) is 20.2. The molecular formula is C17H12ClF6N5O3. The summed E-state index contributed by atoms with van der Waals surface area (Å²) >= 11 is 5.81. The summed E-state index contributed by atoms with van der Waals surface area (Å²) in [6.07, 6.45) is -10.7. The highest BCUT2D eigenvalue weighted by molar-refractivity contribution is 6.30. The van der Waals surface area contributed by atoms with Crippen molar-refractivity contribution < 1.29 is 40.7 Å². The molecule has 1 atom stereocenters. The van der Waals surface area contributed by atoms with Gasteiger partial charge in [-0.2, -0.15) is 26.3 Å². The summed E-state index contributed by atoms with van der Waals surface area (Å²) in [5, 5.41) is 9.68. The van der Waals surface area contributed by atoms with Gasteiger partial charge in [-0.3, -0.25) is 4.79 Å². The highest BCUT2D eigenvalue weighted by Gasteiger charge is 2.40. The Morgan fingerprint density at radius 2 is 1.84 bits per heavy atom. The number of carbonyl (C=O) groups is 1. The third-order valence-electron chi connectivity index (χ3n) is 3.79. The summed E-state index contributed by atoms with van der Waals surface area (Å²) in [7, 11) is 0. The second-order valence-corrected chi connectivity index (χ2v) is 6.66. The molecule has 0 fully saturated rings. The minimum atomic E-state index is -4.75. The quantitative estimate of drug-likeness (QED) is 0.612. The molecule has 1 aromatic carbocycles. The monoisotopic (exact) mass is 483 g/mol. The van der Waals surface area contributed by atoms with Crippen molar-refractivity contribution in [3.63, 3.8) is 0 Å². The zero-order valence-corrected chi connectivity index (χ0v) is 16.3. The first-order valence-corrected chi connectivity index (χ1v) is 8.98. The average molecular weight is 484 g/mol. The molecule has 8 nitrogen and oxygen atoms in total. The molecule has 172 valence electrons. The number of nitrogens with one attached hydrogen (secondary N) is 2. The molecule has 1 amide bonds. The molecular weight excluding hydrogens is 472 g/mol. The summed E-state index contributed by atoms with van der Waals surface area (Å²) < 4.78 is 79.9. The van der Waals surface area contributed by atoms with Crippen molar-refractivity contribution >= 4 is 23.3 Å². The van der Waals surface area contributed by atoms with E-state index in [1.165, 1.54) is 24.3 Å². The maximum absolute atomic E-state index is 12.5. The number of alkyl halides is 6. The van der Waals surface area contributed by atoms with Crippen LogP contribution in [0.3, 0.4) is 0 Å². The van der Waals surface area contributed by atoms with Crippen LogP contribution < -0.4 is 15.5 Å². The summed E-state index contributed by atoms with van der Waals surface area (Å²) in [5.74, 6) is -2.72. The minimum absolute atomic E-state index is 0.0160. The number of amides is 1. The van der Waals surface area contributed by atoms with Gasteiger partial charge in [0.05, 0.1) is 6.54 Å². The molecule has 0 aliphatic carbocycles. The van der Waals surface area contributed by atoms with Crippen molar-refractivity contribution in [3.05, 3.63) is 41.0 Å². The van der Waals surface area contributed by atoms with Crippen molar-refractivity contribution in [2.45, 2.75) is 18.6 Å². The van der Waals surface area contributed by atoms with E-state index in [0.717, 1.165) is 6.07 Å². The van der Waals surface area contributed by atoms with Crippen molar-refractivity contribution in [2.75, 3.05) is 13.2 Å². The second kappa shape index (κ2) is 9.16. The molecule has 0 bridgehead atoms. The number of hydroxylamine groups is 1. The Kier molecular flexibility index (Phi) is 6.74. The Hall–Kier alpha value is -3.13. The van der Waals surface area contributed by atoms with Crippen LogP contribution in [0.2, 0.25) is 5.02 Å². The largest absolute Gasteiger partial charge is 0.467 e. The molecule has 0 saturated carbocycles. The molecule has 2 N–H and O–H groups in total. The van der Waals surface area contributed by atoms with Crippen LogP contribution in [0.5, 0.6) is 5.88 Å². The zero-order chi connectivity index (χ0) is 23.5. The molecule has 32 heavy (non-hydrogen) atoms. The van der Waals surface area contributed by atoms with Crippen LogP contribution in [0.1, 0.15) is 10.5 Å². The van der Waals surface area contributed by atoms with Gasteiger partial charge in [0.2, 0.25) is 11.7 Å². The Morgan fingerprint density at radius 3 is 2.44 bits per heavy atom. The standard InChI is InChI=1S/C17H12ClF6N5O3/c18-9-3-1-8(2-4-9)10-5-11(27-28-14(10)31-7-16(19,20)21)13(30)25-6-12-26-15(29-32-12)17(22,23)24/h1-5,12H,6-7H2,(H,25,30)(H,26,29). The lowest BCUT2D eigenvalue weighted by molar-refractivity contribution is -0.154. The molecule has 2 heterocycles. The molecule has 0 radical (unpaired) electrons. The fraction of sp³-hybridized carbons (Fsp3) is 0.294. The first-order chi connectivity index (χ1) is 14.9. The highest BCUT2D eigenvalue weighted by Crippen LogP contribution is 2.30. The molecule has 0 saturated heterocycles. The van der Waals surface area contributed by atoms with Gasteiger partial charge in [0.25, 0.3) is 5.91 Å². The van der Waals surface area contributed by atoms with E-state index in [4.69, 9.17) is 16.3 Å². The maximum Gasteiger partial charge on any atom is 0.451 e. The number of ether oxygens (including phenoxy) is 1. The third kappa shape index (κ3) is 6.20. The molecule has 1 aromatic heterocycles. The van der Waals surface area contributed by atoms with Crippen LogP contribution in [0.25, 0.3) is 11.1 Å². The van der Waals surface area contributed by atoms with Gasteiger partial charge in [0.15, 0.2) is 18.5 Å². The number of halogens is 7. The van der Waals surface area contributed by atoms with Gasteiger partial charge in [-0.25, -0.2) is 15.3 Å². The lowest BCUT2D eigenvalue weighted by Gasteiger charge is -2.13. The summed E-state index contributed by atoms with van der Waals surface area (Å²) in [6, 6.07) is 6.98. The molecule has 15 heteroatoms. The van der Waals surface area contributed by atoms with Crippen LogP contribution >= 0.6 is 11.6 Å². The number of nitrogens with zero attached hydrogens (tertiary/aromatic N) is 3. The molecule has 1 aliphatic rings. The number of benzene rings is 1. The van der Waals surface area contributed by atoms with E-state index in [9.17, 15) is 31.1 Å². The number of aromatic nitrogens is 2. The van der Waals surface area contributed by atoms with E-state index in [1.54, 1.807) is 5.48 Å². The Morgan fingerprint density at radius 1 is 1.16 bits per heavy atom.